The number of hydrogen-bond acceptors (Lipinski definition) is 7. The van der Waals surface area contributed by atoms with Crippen LogP contribution in [-0.2, 0) is 13.8 Å². The lowest BCUT2D eigenvalue weighted by Gasteiger charge is -2.37. The molecule has 2 aromatic rings. The summed E-state index contributed by atoms with van der Waals surface area (Å²) in [5.41, 5.74) is 0.460. The average Bonchev–Trinajstić information content (AvgIpc) is 2.98. The molecule has 0 saturated carbocycles. The van der Waals surface area contributed by atoms with Crippen molar-refractivity contribution in [1.82, 2.24) is 29.1 Å². The van der Waals surface area contributed by atoms with Gasteiger partial charge >= 0.3 is 0 Å². The van der Waals surface area contributed by atoms with Gasteiger partial charge in [0.15, 0.2) is 11.2 Å². The van der Waals surface area contributed by atoms with Crippen molar-refractivity contribution in [2.45, 2.75) is 12.3 Å². The van der Waals surface area contributed by atoms with E-state index >= 15 is 0 Å². The van der Waals surface area contributed by atoms with E-state index in [0.717, 1.165) is 0 Å². The molecule has 3 rings (SSSR count). The molecule has 138 valence electrons. The molecule has 10 nitrogen and oxygen atoms in total. The standard InChI is InChI=1S/C14H23N6O4P/c1-18(2)25(4,22)23-7-10-5-19(3)6-11(24-10)20-9-17-12-13(20)15-8-16-14(12)21/h8-11H,5-7H2,1-4H3,(H,15,16,21)/t10-,11+,25?/m0/s1. The topological polar surface area (TPSA) is 106 Å². The number of imidazole rings is 1. The van der Waals surface area contributed by atoms with Crippen molar-refractivity contribution in [3.05, 3.63) is 23.0 Å². The number of fused-ring (bicyclic) bond motifs is 1. The minimum atomic E-state index is -2.82. The summed E-state index contributed by atoms with van der Waals surface area (Å²) in [5, 5.41) is 0. The van der Waals surface area contributed by atoms with Crippen LogP contribution in [0.2, 0.25) is 0 Å². The highest BCUT2D eigenvalue weighted by atomic mass is 31.2. The highest BCUT2D eigenvalue weighted by Crippen LogP contribution is 2.44. The van der Waals surface area contributed by atoms with Crippen molar-refractivity contribution >= 4 is 18.7 Å². The molecule has 1 aliphatic heterocycles. The number of aromatic nitrogens is 4. The van der Waals surface area contributed by atoms with Gasteiger partial charge in [0.25, 0.3) is 13.1 Å². The van der Waals surface area contributed by atoms with Gasteiger partial charge < -0.3 is 14.2 Å². The van der Waals surface area contributed by atoms with Crippen molar-refractivity contribution in [3.63, 3.8) is 0 Å². The lowest BCUT2D eigenvalue weighted by atomic mass is 10.3. The largest absolute Gasteiger partial charge is 0.350 e. The molecule has 11 heteroatoms. The zero-order valence-electron chi connectivity index (χ0n) is 14.7. The van der Waals surface area contributed by atoms with E-state index in [1.54, 1.807) is 36.3 Å². The van der Waals surface area contributed by atoms with Gasteiger partial charge in [-0.2, -0.15) is 0 Å². The lowest BCUT2D eigenvalue weighted by Crippen LogP contribution is -2.45. The van der Waals surface area contributed by atoms with E-state index in [0.29, 0.717) is 18.7 Å². The average molecular weight is 370 g/mol. The van der Waals surface area contributed by atoms with Gasteiger partial charge in [-0.05, 0) is 21.1 Å². The van der Waals surface area contributed by atoms with E-state index in [-0.39, 0.29) is 30.0 Å². The first-order valence-electron chi connectivity index (χ1n) is 7.92. The van der Waals surface area contributed by atoms with Gasteiger partial charge in [-0.25, -0.2) is 14.6 Å². The molecule has 3 heterocycles. The second kappa shape index (κ2) is 6.97. The van der Waals surface area contributed by atoms with Crippen LogP contribution in [0.15, 0.2) is 17.4 Å². The molecule has 0 aliphatic carbocycles. The first kappa shape index (κ1) is 18.2. The summed E-state index contributed by atoms with van der Waals surface area (Å²) >= 11 is 0. The van der Waals surface area contributed by atoms with E-state index in [2.05, 4.69) is 19.9 Å². The maximum absolute atomic E-state index is 12.3. The van der Waals surface area contributed by atoms with Crippen LogP contribution in [0, 0.1) is 0 Å². The van der Waals surface area contributed by atoms with Crippen molar-refractivity contribution in [2.75, 3.05) is 47.5 Å². The maximum Gasteiger partial charge on any atom is 0.278 e. The fourth-order valence-corrected chi connectivity index (χ4v) is 3.33. The Balaban J connectivity index is 1.77. The molecule has 1 unspecified atom stereocenters. The lowest BCUT2D eigenvalue weighted by molar-refractivity contribution is -0.125. The zero-order valence-corrected chi connectivity index (χ0v) is 15.6. The fraction of sp³-hybridized carbons (Fsp3) is 0.643. The summed E-state index contributed by atoms with van der Waals surface area (Å²) in [6.45, 7) is 3.07. The molecule has 25 heavy (non-hydrogen) atoms. The Morgan fingerprint density at radius 3 is 2.92 bits per heavy atom. The minimum Gasteiger partial charge on any atom is -0.350 e. The number of morpholine rings is 1. The summed E-state index contributed by atoms with van der Waals surface area (Å²) < 4.78 is 27.3. The van der Waals surface area contributed by atoms with Crippen LogP contribution < -0.4 is 5.56 Å². The molecular weight excluding hydrogens is 347 g/mol. The quantitative estimate of drug-likeness (QED) is 0.752. The Bertz CT molecular complexity index is 849. The van der Waals surface area contributed by atoms with Gasteiger partial charge in [0.05, 0.1) is 25.4 Å². The minimum absolute atomic E-state index is 0.216. The van der Waals surface area contributed by atoms with Gasteiger partial charge in [0.2, 0.25) is 0 Å². The monoisotopic (exact) mass is 370 g/mol. The van der Waals surface area contributed by atoms with Gasteiger partial charge in [0.1, 0.15) is 6.23 Å². The summed E-state index contributed by atoms with van der Waals surface area (Å²) in [7, 11) is 2.59. The third-order valence-electron chi connectivity index (χ3n) is 4.23. The highest BCUT2D eigenvalue weighted by Gasteiger charge is 2.30. The molecule has 3 atom stereocenters. The number of nitrogens with zero attached hydrogens (tertiary/aromatic N) is 5. The summed E-state index contributed by atoms with van der Waals surface area (Å²) in [6.07, 6.45) is 2.29. The number of H-pyrrole nitrogens is 1. The third kappa shape index (κ3) is 3.83. The van der Waals surface area contributed by atoms with E-state index < -0.39 is 7.52 Å². The van der Waals surface area contributed by atoms with Crippen molar-refractivity contribution in [3.8, 4) is 0 Å². The van der Waals surface area contributed by atoms with E-state index in [1.165, 1.54) is 6.33 Å². The molecule has 0 amide bonds. The van der Waals surface area contributed by atoms with Gasteiger partial charge in [-0.15, -0.1) is 0 Å². The molecule has 2 aromatic heterocycles. The normalized spacial score (nSPS) is 24.7. The summed E-state index contributed by atoms with van der Waals surface area (Å²) in [4.78, 5) is 24.7. The van der Waals surface area contributed by atoms with Crippen LogP contribution in [-0.4, -0.2) is 82.7 Å². The van der Waals surface area contributed by atoms with Crippen molar-refractivity contribution in [2.24, 2.45) is 0 Å². The first-order valence-corrected chi connectivity index (χ1v) is 9.94. The van der Waals surface area contributed by atoms with Crippen molar-refractivity contribution in [1.29, 1.82) is 0 Å². The zero-order chi connectivity index (χ0) is 18.2. The summed E-state index contributed by atoms with van der Waals surface area (Å²) in [6, 6.07) is 0. The number of hydrogen-bond donors (Lipinski definition) is 1. The fourth-order valence-electron chi connectivity index (χ4n) is 2.65. The third-order valence-corrected chi connectivity index (χ3v) is 6.32. The number of ether oxygens (including phenoxy) is 1. The Kier molecular flexibility index (Phi) is 5.08. The first-order chi connectivity index (χ1) is 11.8. The van der Waals surface area contributed by atoms with Crippen LogP contribution in [0.3, 0.4) is 0 Å². The number of likely N-dealkylation sites (N-methyl/N-ethyl adjacent to an activating group) is 1. The predicted molar refractivity (Wildman–Crippen MR) is 92.7 cm³/mol. The van der Waals surface area contributed by atoms with Crippen LogP contribution in [0.4, 0.5) is 0 Å². The Labute approximate surface area is 145 Å². The van der Waals surface area contributed by atoms with E-state index in [4.69, 9.17) is 9.26 Å². The molecule has 1 aliphatic rings. The van der Waals surface area contributed by atoms with Gasteiger partial charge in [-0.1, -0.05) is 0 Å². The molecule has 0 spiro atoms. The number of aromatic amines is 1. The van der Waals surface area contributed by atoms with E-state index in [9.17, 15) is 9.36 Å². The van der Waals surface area contributed by atoms with Crippen LogP contribution in [0.1, 0.15) is 6.23 Å². The van der Waals surface area contributed by atoms with Crippen LogP contribution in [0.5, 0.6) is 0 Å². The van der Waals surface area contributed by atoms with E-state index in [1.807, 2.05) is 7.05 Å². The predicted octanol–water partition coefficient (Wildman–Crippen LogP) is 0.350. The number of nitrogens with one attached hydrogen (secondary N) is 1. The Morgan fingerprint density at radius 2 is 2.20 bits per heavy atom. The van der Waals surface area contributed by atoms with Gasteiger partial charge in [-0.3, -0.25) is 18.8 Å². The van der Waals surface area contributed by atoms with Crippen molar-refractivity contribution < 1.29 is 13.8 Å². The Morgan fingerprint density at radius 1 is 1.44 bits per heavy atom. The maximum atomic E-state index is 12.3. The SMILES string of the molecule is CN1C[C@@H](COP(C)(=O)N(C)C)O[C@@H](n2cnc3c(=O)[nH]cnc32)C1. The second-order valence-electron chi connectivity index (χ2n) is 6.44. The molecule has 0 radical (unpaired) electrons. The smallest absolute Gasteiger partial charge is 0.278 e. The molecular formula is C14H23N6O4P. The molecule has 0 bridgehead atoms. The number of rotatable bonds is 5. The summed E-state index contributed by atoms with van der Waals surface area (Å²) in [5.74, 6) is 0. The van der Waals surface area contributed by atoms with Crippen LogP contribution in [0.25, 0.3) is 11.2 Å². The molecule has 1 saturated heterocycles. The Hall–Kier alpha value is -1.58. The molecule has 1 N–H and O–H groups in total. The second-order valence-corrected chi connectivity index (χ2v) is 9.10. The van der Waals surface area contributed by atoms with Gasteiger partial charge in [0, 0.05) is 19.8 Å². The highest BCUT2D eigenvalue weighted by molar-refractivity contribution is 7.55. The molecule has 1 fully saturated rings. The molecule has 0 aromatic carbocycles. The van der Waals surface area contributed by atoms with Crippen LogP contribution >= 0.6 is 7.52 Å².